The molecule has 0 heterocycles. The molecule has 1 aromatic rings. The van der Waals surface area contributed by atoms with E-state index in [0.717, 1.165) is 5.69 Å². The van der Waals surface area contributed by atoms with Crippen LogP contribution < -0.4 is 4.98 Å². The van der Waals surface area contributed by atoms with Gasteiger partial charge in [0.05, 0.1) is 12.2 Å². The number of carbonyl (C=O) groups excluding carboxylic acids is 1. The average molecular weight is 237 g/mol. The highest BCUT2D eigenvalue weighted by atomic mass is 28.3. The lowest BCUT2D eigenvalue weighted by Gasteiger charge is -2.21. The van der Waals surface area contributed by atoms with E-state index >= 15 is 0 Å². The molecule has 0 unspecified atom stereocenters. The van der Waals surface area contributed by atoms with Crippen molar-refractivity contribution >= 4 is 19.9 Å². The number of carbonyl (C=O) groups is 1. The van der Waals surface area contributed by atoms with Gasteiger partial charge in [-0.15, -0.1) is 0 Å². The van der Waals surface area contributed by atoms with E-state index in [0.29, 0.717) is 12.2 Å². The van der Waals surface area contributed by atoms with Crippen molar-refractivity contribution in [3.05, 3.63) is 29.8 Å². The number of hydrogen-bond donors (Lipinski definition) is 1. The Balaban J connectivity index is 2.96. The molecule has 0 aliphatic carbocycles. The maximum absolute atomic E-state index is 11.7. The van der Waals surface area contributed by atoms with Gasteiger partial charge in [-0.25, -0.2) is 4.79 Å². The first-order chi connectivity index (χ1) is 7.44. The molecule has 1 rings (SSSR count). The number of anilines is 1. The lowest BCUT2D eigenvalue weighted by molar-refractivity contribution is 0.0527. The molecule has 0 aromatic heterocycles. The summed E-state index contributed by atoms with van der Waals surface area (Å²) in [6.07, 6.45) is 0. The lowest BCUT2D eigenvalue weighted by Crippen LogP contribution is -2.33. The van der Waals surface area contributed by atoms with Crippen molar-refractivity contribution in [1.29, 1.82) is 0 Å². The molecule has 0 fully saturated rings. The van der Waals surface area contributed by atoms with Crippen LogP contribution in [0.2, 0.25) is 19.6 Å². The van der Waals surface area contributed by atoms with Crippen LogP contribution in [0.15, 0.2) is 24.3 Å². The zero-order valence-electron chi connectivity index (χ0n) is 10.3. The molecule has 0 radical (unpaired) electrons. The normalized spacial score (nSPS) is 11.0. The fourth-order valence-electron chi connectivity index (χ4n) is 1.38. The Hall–Kier alpha value is -1.29. The summed E-state index contributed by atoms with van der Waals surface area (Å²) >= 11 is 0. The summed E-state index contributed by atoms with van der Waals surface area (Å²) in [7, 11) is -1.46. The molecule has 0 aliphatic rings. The van der Waals surface area contributed by atoms with Crippen molar-refractivity contribution in [1.82, 2.24) is 0 Å². The van der Waals surface area contributed by atoms with E-state index in [-0.39, 0.29) is 5.97 Å². The van der Waals surface area contributed by atoms with Crippen molar-refractivity contribution in [2.75, 3.05) is 11.6 Å². The first kappa shape index (κ1) is 12.8. The van der Waals surface area contributed by atoms with E-state index in [1.807, 2.05) is 25.1 Å². The van der Waals surface area contributed by atoms with Crippen LogP contribution >= 0.6 is 0 Å². The number of esters is 1. The summed E-state index contributed by atoms with van der Waals surface area (Å²) in [5.41, 5.74) is 1.49. The van der Waals surface area contributed by atoms with Crippen molar-refractivity contribution < 1.29 is 9.53 Å². The molecule has 0 aliphatic heterocycles. The predicted molar refractivity (Wildman–Crippen MR) is 69.4 cm³/mol. The van der Waals surface area contributed by atoms with E-state index in [2.05, 4.69) is 24.6 Å². The molecule has 0 atom stereocenters. The van der Waals surface area contributed by atoms with Crippen LogP contribution in [0.3, 0.4) is 0 Å². The minimum atomic E-state index is -1.46. The maximum atomic E-state index is 11.7. The summed E-state index contributed by atoms with van der Waals surface area (Å²) in [4.78, 5) is 15.1. The fraction of sp³-hybridized carbons (Fsp3) is 0.417. The number of ether oxygens (including phenoxy) is 1. The topological polar surface area (TPSA) is 38.3 Å². The third-order valence-electron chi connectivity index (χ3n) is 1.93. The Kier molecular flexibility index (Phi) is 4.12. The Labute approximate surface area is 97.9 Å². The Morgan fingerprint density at radius 2 is 1.94 bits per heavy atom. The maximum Gasteiger partial charge on any atom is 0.340 e. The van der Waals surface area contributed by atoms with Crippen LogP contribution in [0, 0.1) is 0 Å². The molecular formula is C12H19NO2Si. The number of rotatable bonds is 4. The van der Waals surface area contributed by atoms with Crippen LogP contribution in [0.5, 0.6) is 0 Å². The van der Waals surface area contributed by atoms with E-state index < -0.39 is 8.24 Å². The van der Waals surface area contributed by atoms with Gasteiger partial charge in [0.25, 0.3) is 0 Å². The average Bonchev–Trinajstić information content (AvgIpc) is 2.16. The van der Waals surface area contributed by atoms with E-state index in [4.69, 9.17) is 4.74 Å². The van der Waals surface area contributed by atoms with Gasteiger partial charge in [0.15, 0.2) is 0 Å². The van der Waals surface area contributed by atoms with Gasteiger partial charge in [0, 0.05) is 5.69 Å². The van der Waals surface area contributed by atoms with E-state index in [1.165, 1.54) is 0 Å². The van der Waals surface area contributed by atoms with E-state index in [1.54, 1.807) is 6.07 Å². The number of nitrogens with one attached hydrogen (secondary N) is 1. The van der Waals surface area contributed by atoms with Crippen molar-refractivity contribution in [3.63, 3.8) is 0 Å². The Morgan fingerprint density at radius 3 is 2.50 bits per heavy atom. The summed E-state index contributed by atoms with van der Waals surface area (Å²) in [5.74, 6) is -0.260. The van der Waals surface area contributed by atoms with Gasteiger partial charge >= 0.3 is 5.97 Å². The minimum Gasteiger partial charge on any atom is -0.462 e. The summed E-state index contributed by atoms with van der Waals surface area (Å²) in [5, 5.41) is 0. The second-order valence-electron chi connectivity index (χ2n) is 4.64. The smallest absolute Gasteiger partial charge is 0.340 e. The van der Waals surface area contributed by atoms with Crippen molar-refractivity contribution in [2.45, 2.75) is 26.6 Å². The van der Waals surface area contributed by atoms with Crippen LogP contribution in [-0.2, 0) is 4.74 Å². The number of benzene rings is 1. The molecule has 1 N–H and O–H groups in total. The summed E-state index contributed by atoms with van der Waals surface area (Å²) in [6.45, 7) is 8.78. The molecule has 0 saturated carbocycles. The van der Waals surface area contributed by atoms with Gasteiger partial charge in [0.2, 0.25) is 0 Å². The molecule has 1 aromatic carbocycles. The van der Waals surface area contributed by atoms with Gasteiger partial charge < -0.3 is 9.72 Å². The Bertz CT molecular complexity index is 372. The quantitative estimate of drug-likeness (QED) is 0.646. The van der Waals surface area contributed by atoms with Gasteiger partial charge in [-0.1, -0.05) is 31.8 Å². The van der Waals surface area contributed by atoms with Crippen LogP contribution in [0.25, 0.3) is 0 Å². The second kappa shape index (κ2) is 5.16. The number of hydrogen-bond acceptors (Lipinski definition) is 3. The van der Waals surface area contributed by atoms with Gasteiger partial charge in [-0.3, -0.25) is 0 Å². The zero-order valence-corrected chi connectivity index (χ0v) is 11.3. The highest BCUT2D eigenvalue weighted by Gasteiger charge is 2.18. The summed E-state index contributed by atoms with van der Waals surface area (Å²) in [6, 6.07) is 7.48. The molecular weight excluding hydrogens is 218 g/mol. The highest BCUT2D eigenvalue weighted by molar-refractivity contribution is 6.79. The zero-order chi connectivity index (χ0) is 12.2. The van der Waals surface area contributed by atoms with Crippen LogP contribution in [0.1, 0.15) is 17.3 Å². The fourth-order valence-corrected chi connectivity index (χ4v) is 2.41. The van der Waals surface area contributed by atoms with Crippen LogP contribution in [-0.4, -0.2) is 20.8 Å². The molecule has 4 heteroatoms. The lowest BCUT2D eigenvalue weighted by atomic mass is 10.2. The Morgan fingerprint density at radius 1 is 1.31 bits per heavy atom. The third-order valence-corrected chi connectivity index (χ3v) is 2.95. The van der Waals surface area contributed by atoms with Crippen molar-refractivity contribution in [2.24, 2.45) is 0 Å². The molecule has 0 saturated heterocycles. The van der Waals surface area contributed by atoms with Gasteiger partial charge in [-0.05, 0) is 19.1 Å². The molecule has 16 heavy (non-hydrogen) atoms. The number of para-hydroxylation sites is 1. The summed E-state index contributed by atoms with van der Waals surface area (Å²) < 4.78 is 5.02. The first-order valence-electron chi connectivity index (χ1n) is 5.48. The van der Waals surface area contributed by atoms with E-state index in [9.17, 15) is 4.79 Å². The first-order valence-corrected chi connectivity index (χ1v) is 8.98. The standard InChI is InChI=1S/C12H19NO2Si/c1-5-15-12(14)10-8-6-7-9-11(10)13-16(2,3)4/h6-9,13H,5H2,1-4H3. The van der Waals surface area contributed by atoms with Gasteiger partial charge in [-0.2, -0.15) is 0 Å². The molecule has 0 spiro atoms. The molecule has 0 bridgehead atoms. The van der Waals surface area contributed by atoms with Gasteiger partial charge in [0.1, 0.15) is 8.24 Å². The molecule has 0 amide bonds. The molecule has 3 nitrogen and oxygen atoms in total. The third kappa shape index (κ3) is 3.70. The minimum absolute atomic E-state index is 0.260. The van der Waals surface area contributed by atoms with Crippen molar-refractivity contribution in [3.8, 4) is 0 Å². The largest absolute Gasteiger partial charge is 0.462 e. The SMILES string of the molecule is CCOC(=O)c1ccccc1N[Si](C)(C)C. The highest BCUT2D eigenvalue weighted by Crippen LogP contribution is 2.19. The molecule has 88 valence electrons. The monoisotopic (exact) mass is 237 g/mol. The van der Waals surface area contributed by atoms with Crippen LogP contribution in [0.4, 0.5) is 5.69 Å². The second-order valence-corrected chi connectivity index (χ2v) is 9.39. The predicted octanol–water partition coefficient (Wildman–Crippen LogP) is 3.11.